The molecule has 5 rings (SSSR count). The first-order valence-electron chi connectivity index (χ1n) is 11.2. The Bertz CT molecular complexity index is 1660. The monoisotopic (exact) mass is 493 g/mol. The van der Waals surface area contributed by atoms with Gasteiger partial charge in [-0.2, -0.15) is 9.78 Å². The lowest BCUT2D eigenvalue weighted by Gasteiger charge is -2.10. The van der Waals surface area contributed by atoms with Crippen LogP contribution in [0.5, 0.6) is 5.75 Å². The third kappa shape index (κ3) is 4.80. The van der Waals surface area contributed by atoms with E-state index >= 15 is 0 Å². The van der Waals surface area contributed by atoms with Gasteiger partial charge in [0.25, 0.3) is 5.56 Å². The fraction of sp³-hybridized carbons (Fsp3) is 0.0345. The summed E-state index contributed by atoms with van der Waals surface area (Å²) in [7, 11) is 0. The Balaban J connectivity index is 1.56. The summed E-state index contributed by atoms with van der Waals surface area (Å²) in [6.07, 6.45) is 1.48. The van der Waals surface area contributed by atoms with E-state index in [1.165, 1.54) is 10.9 Å². The Labute approximate surface area is 212 Å². The van der Waals surface area contributed by atoms with Crippen LogP contribution in [0, 0.1) is 6.92 Å². The molecule has 0 saturated heterocycles. The molecular weight excluding hydrogens is 474 g/mol. The number of aryl methyl sites for hydroxylation is 1. The topological polar surface area (TPSA) is 73.5 Å². The van der Waals surface area contributed by atoms with Crippen molar-refractivity contribution >= 4 is 34.7 Å². The van der Waals surface area contributed by atoms with Gasteiger partial charge in [-0.25, -0.2) is 9.78 Å². The smallest absolute Gasteiger partial charge is 0.343 e. The number of benzene rings is 4. The van der Waals surface area contributed by atoms with E-state index in [9.17, 15) is 9.59 Å². The molecule has 36 heavy (non-hydrogen) atoms. The lowest BCUT2D eigenvalue weighted by atomic mass is 10.1. The summed E-state index contributed by atoms with van der Waals surface area (Å²) in [4.78, 5) is 30.7. The van der Waals surface area contributed by atoms with Gasteiger partial charge in [0.05, 0.1) is 22.7 Å². The lowest BCUT2D eigenvalue weighted by molar-refractivity contribution is 0.0734. The van der Waals surface area contributed by atoms with Gasteiger partial charge in [-0.05, 0) is 67.6 Å². The fourth-order valence-electron chi connectivity index (χ4n) is 3.67. The number of para-hydroxylation sites is 2. The van der Waals surface area contributed by atoms with Gasteiger partial charge in [-0.1, -0.05) is 53.6 Å². The third-order valence-electron chi connectivity index (χ3n) is 5.58. The molecule has 0 bridgehead atoms. The predicted molar refractivity (Wildman–Crippen MR) is 142 cm³/mol. The van der Waals surface area contributed by atoms with Gasteiger partial charge in [0, 0.05) is 16.1 Å². The first-order valence-corrected chi connectivity index (χ1v) is 11.6. The molecule has 5 aromatic rings. The molecule has 4 aromatic carbocycles. The summed E-state index contributed by atoms with van der Waals surface area (Å²) in [5.41, 5.74) is 2.93. The number of hydrogen-bond donors (Lipinski definition) is 0. The molecular formula is C29H20ClN3O3. The highest BCUT2D eigenvalue weighted by Crippen LogP contribution is 2.22. The van der Waals surface area contributed by atoms with Crippen LogP contribution in [-0.2, 0) is 0 Å². The normalized spacial score (nSPS) is 11.2. The van der Waals surface area contributed by atoms with Gasteiger partial charge in [0.15, 0.2) is 5.82 Å². The Morgan fingerprint density at radius 3 is 2.39 bits per heavy atom. The van der Waals surface area contributed by atoms with Crippen LogP contribution in [0.1, 0.15) is 21.5 Å². The SMILES string of the molecule is Cc1ccc(C(=O)Oc2ccccc2/C=N/n2c(-c3ccc(Cl)cc3)nc3ccccc3c2=O)cc1. The second-order valence-corrected chi connectivity index (χ2v) is 8.55. The molecule has 176 valence electrons. The van der Waals surface area contributed by atoms with E-state index in [0.717, 1.165) is 5.56 Å². The minimum absolute atomic E-state index is 0.321. The van der Waals surface area contributed by atoms with Crippen molar-refractivity contribution in [2.75, 3.05) is 0 Å². The van der Waals surface area contributed by atoms with Crippen molar-refractivity contribution < 1.29 is 9.53 Å². The van der Waals surface area contributed by atoms with Crippen LogP contribution in [0.4, 0.5) is 0 Å². The second kappa shape index (κ2) is 9.98. The van der Waals surface area contributed by atoms with Crippen molar-refractivity contribution in [2.24, 2.45) is 5.10 Å². The van der Waals surface area contributed by atoms with Crippen LogP contribution in [-0.4, -0.2) is 21.8 Å². The number of hydrogen-bond acceptors (Lipinski definition) is 5. The lowest BCUT2D eigenvalue weighted by Crippen LogP contribution is -2.20. The summed E-state index contributed by atoms with van der Waals surface area (Å²) in [5, 5.41) is 5.48. The highest BCUT2D eigenvalue weighted by molar-refractivity contribution is 6.30. The Morgan fingerprint density at radius 2 is 1.61 bits per heavy atom. The molecule has 1 aromatic heterocycles. The standard InChI is InChI=1S/C29H20ClN3O3/c1-19-10-12-21(13-11-19)29(35)36-26-9-5-2-6-22(26)18-31-33-27(20-14-16-23(30)17-15-20)32-25-8-4-3-7-24(25)28(33)34/h2-18H,1H3/b31-18+. The average molecular weight is 494 g/mol. The molecule has 1 heterocycles. The van der Waals surface area contributed by atoms with Crippen molar-refractivity contribution in [3.8, 4) is 17.1 Å². The number of aromatic nitrogens is 2. The minimum atomic E-state index is -0.484. The molecule has 0 amide bonds. The Hall–Kier alpha value is -4.55. The average Bonchev–Trinajstić information content (AvgIpc) is 2.90. The number of ether oxygens (including phenoxy) is 1. The summed E-state index contributed by atoms with van der Waals surface area (Å²) in [6.45, 7) is 1.95. The largest absolute Gasteiger partial charge is 0.422 e. The molecule has 0 aliphatic carbocycles. The summed E-state index contributed by atoms with van der Waals surface area (Å²) in [6, 6.07) is 28.2. The zero-order chi connectivity index (χ0) is 25.1. The first kappa shape index (κ1) is 23.2. The van der Waals surface area contributed by atoms with Gasteiger partial charge in [0.2, 0.25) is 0 Å². The molecule has 0 radical (unpaired) electrons. The van der Waals surface area contributed by atoms with E-state index in [4.69, 9.17) is 16.3 Å². The molecule has 7 heteroatoms. The van der Waals surface area contributed by atoms with Crippen molar-refractivity contribution in [2.45, 2.75) is 6.92 Å². The van der Waals surface area contributed by atoms with E-state index in [2.05, 4.69) is 10.1 Å². The Morgan fingerprint density at radius 1 is 0.917 bits per heavy atom. The molecule has 0 spiro atoms. The van der Waals surface area contributed by atoms with Crippen molar-refractivity contribution in [3.63, 3.8) is 0 Å². The quantitative estimate of drug-likeness (QED) is 0.168. The number of carbonyl (C=O) groups excluding carboxylic acids is 1. The molecule has 0 aliphatic heterocycles. The molecule has 0 aliphatic rings. The summed E-state index contributed by atoms with van der Waals surface area (Å²) in [5.74, 6) is 0.199. The highest BCUT2D eigenvalue weighted by atomic mass is 35.5. The maximum atomic E-state index is 13.4. The van der Waals surface area contributed by atoms with E-state index < -0.39 is 5.97 Å². The van der Waals surface area contributed by atoms with Crippen LogP contribution in [0.25, 0.3) is 22.3 Å². The first-order chi connectivity index (χ1) is 17.5. The van der Waals surface area contributed by atoms with Gasteiger partial charge >= 0.3 is 5.97 Å². The van der Waals surface area contributed by atoms with Crippen LogP contribution >= 0.6 is 11.6 Å². The zero-order valence-corrected chi connectivity index (χ0v) is 20.0. The van der Waals surface area contributed by atoms with Gasteiger partial charge in [-0.15, -0.1) is 0 Å². The molecule has 0 N–H and O–H groups in total. The van der Waals surface area contributed by atoms with Crippen LogP contribution in [0.3, 0.4) is 0 Å². The molecule has 0 saturated carbocycles. The van der Waals surface area contributed by atoms with Gasteiger partial charge in [0.1, 0.15) is 5.75 Å². The number of fused-ring (bicyclic) bond motifs is 1. The van der Waals surface area contributed by atoms with E-state index in [-0.39, 0.29) is 5.56 Å². The number of halogens is 1. The zero-order valence-electron chi connectivity index (χ0n) is 19.3. The van der Waals surface area contributed by atoms with Crippen LogP contribution in [0.2, 0.25) is 5.02 Å². The van der Waals surface area contributed by atoms with Gasteiger partial charge < -0.3 is 4.74 Å². The third-order valence-corrected chi connectivity index (χ3v) is 5.83. The highest BCUT2D eigenvalue weighted by Gasteiger charge is 2.14. The minimum Gasteiger partial charge on any atom is -0.422 e. The van der Waals surface area contributed by atoms with E-state index in [1.54, 1.807) is 78.9 Å². The predicted octanol–water partition coefficient (Wildman–Crippen LogP) is 6.13. The molecule has 0 unspecified atom stereocenters. The molecule has 6 nitrogen and oxygen atoms in total. The second-order valence-electron chi connectivity index (χ2n) is 8.11. The summed E-state index contributed by atoms with van der Waals surface area (Å²) >= 11 is 6.06. The number of rotatable bonds is 5. The van der Waals surface area contributed by atoms with Gasteiger partial charge in [-0.3, -0.25) is 4.79 Å². The summed E-state index contributed by atoms with van der Waals surface area (Å²) < 4.78 is 6.88. The molecule has 0 atom stereocenters. The van der Waals surface area contributed by atoms with Crippen LogP contribution < -0.4 is 10.3 Å². The van der Waals surface area contributed by atoms with Crippen molar-refractivity contribution in [3.05, 3.63) is 129 Å². The van der Waals surface area contributed by atoms with Crippen molar-refractivity contribution in [1.29, 1.82) is 0 Å². The van der Waals surface area contributed by atoms with Crippen LogP contribution in [0.15, 0.2) is 107 Å². The molecule has 0 fully saturated rings. The van der Waals surface area contributed by atoms with E-state index in [1.807, 2.05) is 25.1 Å². The fourth-order valence-corrected chi connectivity index (χ4v) is 3.79. The number of nitrogens with zero attached hydrogens (tertiary/aromatic N) is 3. The maximum Gasteiger partial charge on any atom is 0.343 e. The maximum absolute atomic E-state index is 13.4. The number of esters is 1. The number of carbonyl (C=O) groups is 1. The Kier molecular flexibility index (Phi) is 6.43. The van der Waals surface area contributed by atoms with Crippen molar-refractivity contribution in [1.82, 2.24) is 9.66 Å². The van der Waals surface area contributed by atoms with E-state index in [0.29, 0.717) is 44.2 Å².